The van der Waals surface area contributed by atoms with Gasteiger partial charge in [0.2, 0.25) is 5.88 Å². The third kappa shape index (κ3) is 3.97. The van der Waals surface area contributed by atoms with Crippen LogP contribution in [0.5, 0.6) is 5.88 Å². The molecule has 0 fully saturated rings. The lowest BCUT2D eigenvalue weighted by atomic mass is 10.1. The summed E-state index contributed by atoms with van der Waals surface area (Å²) in [5, 5.41) is 12.2. The smallest absolute Gasteiger partial charge is 0.358 e. The van der Waals surface area contributed by atoms with Crippen LogP contribution in [-0.2, 0) is 11.3 Å². The molecule has 0 saturated carbocycles. The SMILES string of the molecule is CCOC(=O)c1ccc(OCc2c(-c3ccc(Cl)cn3)noc2C)nn1. The van der Waals surface area contributed by atoms with Crippen LogP contribution in [0.1, 0.15) is 28.7 Å². The third-order valence-electron chi connectivity index (χ3n) is 3.44. The molecule has 0 amide bonds. The van der Waals surface area contributed by atoms with Crippen molar-refractivity contribution in [3.05, 3.63) is 52.5 Å². The van der Waals surface area contributed by atoms with E-state index in [0.717, 1.165) is 5.56 Å². The van der Waals surface area contributed by atoms with Crippen molar-refractivity contribution in [3.63, 3.8) is 0 Å². The van der Waals surface area contributed by atoms with Gasteiger partial charge in [-0.3, -0.25) is 4.98 Å². The van der Waals surface area contributed by atoms with Crippen molar-refractivity contribution in [1.29, 1.82) is 0 Å². The zero-order valence-electron chi connectivity index (χ0n) is 14.1. The second kappa shape index (κ2) is 7.92. The van der Waals surface area contributed by atoms with E-state index in [1.165, 1.54) is 12.3 Å². The minimum atomic E-state index is -0.530. The highest BCUT2D eigenvalue weighted by Gasteiger charge is 2.17. The normalized spacial score (nSPS) is 10.6. The first kappa shape index (κ1) is 17.8. The van der Waals surface area contributed by atoms with Crippen molar-refractivity contribution in [1.82, 2.24) is 20.3 Å². The highest BCUT2D eigenvalue weighted by atomic mass is 35.5. The molecule has 0 radical (unpaired) electrons. The Kier molecular flexibility index (Phi) is 5.43. The Bertz CT molecular complexity index is 894. The van der Waals surface area contributed by atoms with Crippen LogP contribution in [0.3, 0.4) is 0 Å². The molecule has 0 unspecified atom stereocenters. The van der Waals surface area contributed by atoms with E-state index in [1.807, 2.05) is 0 Å². The molecule has 0 aliphatic heterocycles. The Morgan fingerprint density at radius 2 is 2.08 bits per heavy atom. The Labute approximate surface area is 154 Å². The van der Waals surface area contributed by atoms with E-state index in [0.29, 0.717) is 22.2 Å². The first-order chi connectivity index (χ1) is 12.6. The molecule has 134 valence electrons. The Balaban J connectivity index is 1.73. The molecule has 0 saturated heterocycles. The zero-order valence-corrected chi connectivity index (χ0v) is 14.9. The van der Waals surface area contributed by atoms with Crippen molar-refractivity contribution in [2.75, 3.05) is 6.61 Å². The van der Waals surface area contributed by atoms with E-state index in [9.17, 15) is 4.79 Å². The number of carbonyl (C=O) groups is 1. The molecule has 0 aliphatic carbocycles. The molecule has 3 rings (SSSR count). The van der Waals surface area contributed by atoms with Crippen molar-refractivity contribution < 1.29 is 18.8 Å². The van der Waals surface area contributed by atoms with Crippen LogP contribution < -0.4 is 4.74 Å². The molecule has 3 heterocycles. The molecule has 0 aliphatic rings. The molecule has 0 spiro atoms. The Morgan fingerprint density at radius 3 is 2.73 bits per heavy atom. The van der Waals surface area contributed by atoms with Crippen LogP contribution in [0, 0.1) is 6.92 Å². The second-order valence-electron chi connectivity index (χ2n) is 5.19. The molecule has 3 aromatic rings. The number of aromatic nitrogens is 4. The molecule has 0 atom stereocenters. The molecule has 8 nitrogen and oxygen atoms in total. The van der Waals surface area contributed by atoms with Crippen LogP contribution in [-0.4, -0.2) is 32.9 Å². The summed E-state index contributed by atoms with van der Waals surface area (Å²) >= 11 is 5.86. The number of ether oxygens (including phenoxy) is 2. The summed E-state index contributed by atoms with van der Waals surface area (Å²) in [7, 11) is 0. The fraction of sp³-hybridized carbons (Fsp3) is 0.235. The molecule has 0 aromatic carbocycles. The monoisotopic (exact) mass is 374 g/mol. The largest absolute Gasteiger partial charge is 0.472 e. The fourth-order valence-corrected chi connectivity index (χ4v) is 2.25. The summed E-state index contributed by atoms with van der Waals surface area (Å²) in [6.07, 6.45) is 1.53. The molecular formula is C17H15ClN4O4. The van der Waals surface area contributed by atoms with Gasteiger partial charge in [0.15, 0.2) is 5.69 Å². The van der Waals surface area contributed by atoms with Gasteiger partial charge in [-0.2, -0.15) is 0 Å². The summed E-state index contributed by atoms with van der Waals surface area (Å²) in [4.78, 5) is 15.8. The molecular weight excluding hydrogens is 360 g/mol. The molecule has 0 bridgehead atoms. The summed E-state index contributed by atoms with van der Waals surface area (Å²) < 4.78 is 15.7. The van der Waals surface area contributed by atoms with Crippen LogP contribution in [0.4, 0.5) is 0 Å². The number of aryl methyl sites for hydroxylation is 1. The van der Waals surface area contributed by atoms with Gasteiger partial charge in [-0.1, -0.05) is 16.8 Å². The standard InChI is InChI=1S/C17H15ClN4O4/c1-3-24-17(23)14-6-7-15(21-20-14)25-9-12-10(2)26-22-16(12)13-5-4-11(18)8-19-13/h4-8H,3,9H2,1-2H3. The topological polar surface area (TPSA) is 100 Å². The number of carbonyl (C=O) groups excluding carboxylic acids is 1. The number of hydrogen-bond donors (Lipinski definition) is 0. The van der Waals surface area contributed by atoms with Gasteiger partial charge in [0, 0.05) is 12.3 Å². The predicted octanol–water partition coefficient (Wildman–Crippen LogP) is 3.24. The van der Waals surface area contributed by atoms with Gasteiger partial charge < -0.3 is 14.0 Å². The van der Waals surface area contributed by atoms with E-state index in [4.69, 9.17) is 25.6 Å². The van der Waals surface area contributed by atoms with E-state index in [-0.39, 0.29) is 24.8 Å². The molecule has 9 heteroatoms. The van der Waals surface area contributed by atoms with Crippen LogP contribution in [0.15, 0.2) is 35.0 Å². The lowest BCUT2D eigenvalue weighted by Crippen LogP contribution is -2.08. The number of halogens is 1. The van der Waals surface area contributed by atoms with Crippen molar-refractivity contribution in [3.8, 4) is 17.3 Å². The van der Waals surface area contributed by atoms with Crippen LogP contribution in [0.25, 0.3) is 11.4 Å². The summed E-state index contributed by atoms with van der Waals surface area (Å²) in [6.45, 7) is 3.92. The lowest BCUT2D eigenvalue weighted by molar-refractivity contribution is 0.0518. The van der Waals surface area contributed by atoms with Gasteiger partial charge in [-0.25, -0.2) is 4.79 Å². The minimum absolute atomic E-state index is 0.117. The second-order valence-corrected chi connectivity index (χ2v) is 5.63. The summed E-state index contributed by atoms with van der Waals surface area (Å²) in [5.74, 6) is 0.332. The van der Waals surface area contributed by atoms with E-state index in [1.54, 1.807) is 32.0 Å². The minimum Gasteiger partial charge on any atom is -0.472 e. The van der Waals surface area contributed by atoms with Crippen molar-refractivity contribution in [2.24, 2.45) is 0 Å². The van der Waals surface area contributed by atoms with Gasteiger partial charge in [0.05, 0.1) is 22.9 Å². The highest BCUT2D eigenvalue weighted by molar-refractivity contribution is 6.30. The maximum absolute atomic E-state index is 11.6. The van der Waals surface area contributed by atoms with Gasteiger partial charge >= 0.3 is 5.97 Å². The van der Waals surface area contributed by atoms with Crippen molar-refractivity contribution >= 4 is 17.6 Å². The number of esters is 1. The van der Waals surface area contributed by atoms with E-state index >= 15 is 0 Å². The Hall–Kier alpha value is -3.00. The quantitative estimate of drug-likeness (QED) is 0.606. The average Bonchev–Trinajstić information content (AvgIpc) is 3.02. The van der Waals surface area contributed by atoms with E-state index in [2.05, 4.69) is 20.3 Å². The molecule has 0 N–H and O–H groups in total. The zero-order chi connectivity index (χ0) is 18.5. The van der Waals surface area contributed by atoms with Gasteiger partial charge in [-0.05, 0) is 32.0 Å². The van der Waals surface area contributed by atoms with Crippen LogP contribution >= 0.6 is 11.6 Å². The number of rotatable bonds is 6. The Morgan fingerprint density at radius 1 is 1.23 bits per heavy atom. The lowest BCUT2D eigenvalue weighted by Gasteiger charge is -2.06. The number of pyridine rings is 1. The number of hydrogen-bond acceptors (Lipinski definition) is 8. The number of nitrogens with zero attached hydrogens (tertiary/aromatic N) is 4. The van der Waals surface area contributed by atoms with Crippen LogP contribution in [0.2, 0.25) is 5.02 Å². The third-order valence-corrected chi connectivity index (χ3v) is 3.67. The molecule has 3 aromatic heterocycles. The maximum Gasteiger partial charge on any atom is 0.358 e. The summed E-state index contributed by atoms with van der Waals surface area (Å²) in [5.41, 5.74) is 2.03. The fourth-order valence-electron chi connectivity index (χ4n) is 2.14. The highest BCUT2D eigenvalue weighted by Crippen LogP contribution is 2.25. The van der Waals surface area contributed by atoms with Gasteiger partial charge in [0.1, 0.15) is 18.1 Å². The molecule has 26 heavy (non-hydrogen) atoms. The average molecular weight is 375 g/mol. The van der Waals surface area contributed by atoms with Crippen molar-refractivity contribution in [2.45, 2.75) is 20.5 Å². The van der Waals surface area contributed by atoms with E-state index < -0.39 is 5.97 Å². The maximum atomic E-state index is 11.6. The van der Waals surface area contributed by atoms with Gasteiger partial charge in [-0.15, -0.1) is 10.2 Å². The first-order valence-electron chi connectivity index (χ1n) is 7.79. The summed E-state index contributed by atoms with van der Waals surface area (Å²) in [6, 6.07) is 6.50. The first-order valence-corrected chi connectivity index (χ1v) is 8.17. The van der Waals surface area contributed by atoms with Gasteiger partial charge in [0.25, 0.3) is 0 Å². The predicted molar refractivity (Wildman–Crippen MR) is 91.8 cm³/mol.